The normalized spacial score (nSPS) is 11.0. The maximum Gasteiger partial charge on any atom is 0.275 e. The summed E-state index contributed by atoms with van der Waals surface area (Å²) in [6, 6.07) is 20.6. The van der Waals surface area contributed by atoms with Crippen LogP contribution in [-0.2, 0) is 6.42 Å². The molecule has 4 nitrogen and oxygen atoms in total. The van der Waals surface area contributed by atoms with Crippen LogP contribution < -0.4 is 5.43 Å². The third kappa shape index (κ3) is 3.55. The molecule has 2 N–H and O–H groups in total. The lowest BCUT2D eigenvalue weighted by Crippen LogP contribution is -2.17. The van der Waals surface area contributed by atoms with E-state index in [2.05, 4.69) is 10.5 Å². The topological polar surface area (TPSA) is 61.7 Å². The van der Waals surface area contributed by atoms with E-state index < -0.39 is 5.91 Å². The van der Waals surface area contributed by atoms with Crippen molar-refractivity contribution in [3.05, 3.63) is 77.9 Å². The quantitative estimate of drug-likeness (QED) is 0.572. The lowest BCUT2D eigenvalue weighted by molar-refractivity contribution is 0.0952. The molecule has 3 aromatic carbocycles. The molecule has 0 unspecified atom stereocenters. The summed E-state index contributed by atoms with van der Waals surface area (Å²) in [5.74, 6) is -0.489. The second-order valence-corrected chi connectivity index (χ2v) is 5.16. The summed E-state index contributed by atoms with van der Waals surface area (Å²) in [6.45, 7) is 0. The summed E-state index contributed by atoms with van der Waals surface area (Å²) in [7, 11) is 0. The number of hydrazone groups is 1. The molecule has 0 aromatic heterocycles. The first-order chi connectivity index (χ1) is 11.2. The van der Waals surface area contributed by atoms with Crippen molar-refractivity contribution in [2.24, 2.45) is 5.10 Å². The molecule has 0 bridgehead atoms. The van der Waals surface area contributed by atoms with E-state index in [0.29, 0.717) is 6.42 Å². The fraction of sp³-hybridized carbons (Fsp3) is 0.0526. The molecular formula is C19H16N2O2. The third-order valence-corrected chi connectivity index (χ3v) is 3.54. The molecule has 1 amide bonds. The average molecular weight is 304 g/mol. The van der Waals surface area contributed by atoms with Gasteiger partial charge in [0.1, 0.15) is 5.75 Å². The van der Waals surface area contributed by atoms with Gasteiger partial charge in [0.2, 0.25) is 0 Å². The van der Waals surface area contributed by atoms with Crippen LogP contribution in [0.4, 0.5) is 0 Å². The van der Waals surface area contributed by atoms with Crippen molar-refractivity contribution < 1.29 is 9.90 Å². The Morgan fingerprint density at radius 2 is 1.65 bits per heavy atom. The zero-order chi connectivity index (χ0) is 16.1. The fourth-order valence-electron chi connectivity index (χ4n) is 2.34. The number of aromatic hydroxyl groups is 1. The van der Waals surface area contributed by atoms with Crippen LogP contribution in [-0.4, -0.2) is 17.2 Å². The van der Waals surface area contributed by atoms with Crippen LogP contribution in [0.2, 0.25) is 0 Å². The monoisotopic (exact) mass is 304 g/mol. The number of hydrogen-bond acceptors (Lipinski definition) is 3. The van der Waals surface area contributed by atoms with Crippen LogP contribution in [0.25, 0.3) is 10.8 Å². The molecule has 0 aliphatic heterocycles. The number of nitrogens with one attached hydrogen (secondary N) is 1. The van der Waals surface area contributed by atoms with E-state index in [1.54, 1.807) is 18.3 Å². The number of hydrogen-bond donors (Lipinski definition) is 2. The van der Waals surface area contributed by atoms with E-state index in [1.165, 1.54) is 0 Å². The number of carbonyl (C=O) groups is 1. The van der Waals surface area contributed by atoms with Gasteiger partial charge in [0.05, 0.1) is 5.56 Å². The lowest BCUT2D eigenvalue weighted by atomic mass is 10.1. The van der Waals surface area contributed by atoms with Gasteiger partial charge in [-0.15, -0.1) is 0 Å². The summed E-state index contributed by atoms with van der Waals surface area (Å²) >= 11 is 0. The minimum Gasteiger partial charge on any atom is -0.507 e. The van der Waals surface area contributed by atoms with Gasteiger partial charge in [0, 0.05) is 12.6 Å². The van der Waals surface area contributed by atoms with Crippen LogP contribution in [0, 0.1) is 0 Å². The van der Waals surface area contributed by atoms with Crippen LogP contribution in [0.5, 0.6) is 5.75 Å². The maximum atomic E-state index is 12.1. The lowest BCUT2D eigenvalue weighted by Gasteiger charge is -2.05. The maximum absolute atomic E-state index is 12.1. The Hall–Kier alpha value is -3.14. The molecule has 114 valence electrons. The molecule has 0 spiro atoms. The number of phenolic OH excluding ortho intramolecular Hbond substituents is 1. The van der Waals surface area contributed by atoms with E-state index in [9.17, 15) is 9.90 Å². The molecule has 0 radical (unpaired) electrons. The summed E-state index contributed by atoms with van der Waals surface area (Å²) in [5, 5.41) is 15.7. The van der Waals surface area contributed by atoms with Crippen molar-refractivity contribution in [3.63, 3.8) is 0 Å². The molecule has 0 saturated carbocycles. The predicted molar refractivity (Wildman–Crippen MR) is 91.7 cm³/mol. The number of amides is 1. The Morgan fingerprint density at radius 1 is 1.00 bits per heavy atom. The van der Waals surface area contributed by atoms with Crippen molar-refractivity contribution in [3.8, 4) is 5.75 Å². The van der Waals surface area contributed by atoms with E-state index in [1.807, 2.05) is 54.6 Å². The minimum atomic E-state index is -0.433. The standard InChI is InChI=1S/C19H16N2O2/c22-18-13-16-9-5-4-8-15(16)12-17(18)19(23)21-20-11-10-14-6-2-1-3-7-14/h1-9,11-13,22H,10H2,(H,21,23). The number of rotatable bonds is 4. The van der Waals surface area contributed by atoms with Gasteiger partial charge >= 0.3 is 0 Å². The van der Waals surface area contributed by atoms with Crippen molar-refractivity contribution in [2.75, 3.05) is 0 Å². The zero-order valence-corrected chi connectivity index (χ0v) is 12.4. The summed E-state index contributed by atoms with van der Waals surface area (Å²) < 4.78 is 0. The smallest absolute Gasteiger partial charge is 0.275 e. The summed E-state index contributed by atoms with van der Waals surface area (Å²) in [4.78, 5) is 12.1. The van der Waals surface area contributed by atoms with E-state index in [0.717, 1.165) is 16.3 Å². The molecule has 0 aliphatic rings. The van der Waals surface area contributed by atoms with Gasteiger partial charge in [0.25, 0.3) is 5.91 Å². The molecular weight excluding hydrogens is 288 g/mol. The second kappa shape index (κ2) is 6.75. The highest BCUT2D eigenvalue weighted by molar-refractivity contribution is 6.01. The van der Waals surface area contributed by atoms with Crippen LogP contribution >= 0.6 is 0 Å². The van der Waals surface area contributed by atoms with Gasteiger partial charge in [0.15, 0.2) is 0 Å². The Morgan fingerprint density at radius 3 is 2.39 bits per heavy atom. The highest BCUT2D eigenvalue weighted by Gasteiger charge is 2.11. The number of fused-ring (bicyclic) bond motifs is 1. The number of nitrogens with zero attached hydrogens (tertiary/aromatic N) is 1. The molecule has 4 heteroatoms. The molecule has 0 atom stereocenters. The highest BCUT2D eigenvalue weighted by Crippen LogP contribution is 2.24. The van der Waals surface area contributed by atoms with E-state index in [4.69, 9.17) is 0 Å². The molecule has 0 fully saturated rings. The van der Waals surface area contributed by atoms with Gasteiger partial charge in [-0.05, 0) is 28.5 Å². The van der Waals surface area contributed by atoms with E-state index in [-0.39, 0.29) is 11.3 Å². The zero-order valence-electron chi connectivity index (χ0n) is 12.4. The first-order valence-electron chi connectivity index (χ1n) is 7.31. The van der Waals surface area contributed by atoms with Crippen LogP contribution in [0.1, 0.15) is 15.9 Å². The minimum absolute atomic E-state index is 0.0561. The Balaban J connectivity index is 1.69. The van der Waals surface area contributed by atoms with Crippen LogP contribution in [0.3, 0.4) is 0 Å². The molecule has 0 aliphatic carbocycles. The van der Waals surface area contributed by atoms with Crippen molar-refractivity contribution in [1.29, 1.82) is 0 Å². The fourth-order valence-corrected chi connectivity index (χ4v) is 2.34. The van der Waals surface area contributed by atoms with Gasteiger partial charge in [-0.3, -0.25) is 4.79 Å². The average Bonchev–Trinajstić information content (AvgIpc) is 2.59. The van der Waals surface area contributed by atoms with Gasteiger partial charge in [-0.25, -0.2) is 5.43 Å². The summed E-state index contributed by atoms with van der Waals surface area (Å²) in [6.07, 6.45) is 2.26. The third-order valence-electron chi connectivity index (χ3n) is 3.54. The number of benzene rings is 3. The first-order valence-corrected chi connectivity index (χ1v) is 7.31. The molecule has 3 aromatic rings. The SMILES string of the molecule is O=C(NN=CCc1ccccc1)c1cc2ccccc2cc1O. The van der Waals surface area contributed by atoms with Crippen molar-refractivity contribution in [1.82, 2.24) is 5.43 Å². The Kier molecular flexibility index (Phi) is 4.34. The predicted octanol–water partition coefficient (Wildman–Crippen LogP) is 3.50. The van der Waals surface area contributed by atoms with E-state index >= 15 is 0 Å². The first kappa shape index (κ1) is 14.8. The summed E-state index contributed by atoms with van der Waals surface area (Å²) in [5.41, 5.74) is 3.76. The molecule has 0 heterocycles. The largest absolute Gasteiger partial charge is 0.507 e. The molecule has 0 saturated heterocycles. The van der Waals surface area contributed by atoms with Gasteiger partial charge < -0.3 is 5.11 Å². The number of phenols is 1. The van der Waals surface area contributed by atoms with Crippen LogP contribution in [0.15, 0.2) is 71.8 Å². The van der Waals surface area contributed by atoms with Gasteiger partial charge in [-0.1, -0.05) is 54.6 Å². The highest BCUT2D eigenvalue weighted by atomic mass is 16.3. The molecule has 23 heavy (non-hydrogen) atoms. The molecule has 3 rings (SSSR count). The Bertz CT molecular complexity index is 858. The van der Waals surface area contributed by atoms with Crippen molar-refractivity contribution >= 4 is 22.9 Å². The van der Waals surface area contributed by atoms with Crippen molar-refractivity contribution in [2.45, 2.75) is 6.42 Å². The second-order valence-electron chi connectivity index (χ2n) is 5.16. The Labute approximate surface area is 134 Å². The number of carbonyl (C=O) groups excluding carboxylic acids is 1. The van der Waals surface area contributed by atoms with Gasteiger partial charge in [-0.2, -0.15) is 5.10 Å².